The van der Waals surface area contributed by atoms with Crippen molar-refractivity contribution < 1.29 is 4.79 Å². The van der Waals surface area contributed by atoms with Gasteiger partial charge in [0, 0.05) is 62.2 Å². The molecule has 7 nitrogen and oxygen atoms in total. The second-order valence-corrected chi connectivity index (χ2v) is 6.78. The Balaban J connectivity index is 1.51. The number of piperidine rings is 1. The number of nitrogens with zero attached hydrogens (tertiary/aromatic N) is 6. The van der Waals surface area contributed by atoms with E-state index < -0.39 is 0 Å². The molecule has 3 aromatic heterocycles. The zero-order valence-electron chi connectivity index (χ0n) is 15.0. The molecule has 0 radical (unpaired) electrons. The number of aryl methyl sites for hydroxylation is 2. The van der Waals surface area contributed by atoms with Gasteiger partial charge in [0.05, 0.1) is 6.33 Å². The number of hydrogen-bond donors (Lipinski definition) is 0. The molecule has 1 fully saturated rings. The second-order valence-electron chi connectivity index (χ2n) is 6.78. The van der Waals surface area contributed by atoms with E-state index in [1.54, 1.807) is 29.5 Å². The van der Waals surface area contributed by atoms with Gasteiger partial charge in [-0.2, -0.15) is 0 Å². The van der Waals surface area contributed by atoms with E-state index in [0.29, 0.717) is 11.7 Å². The number of likely N-dealkylation sites (tertiary alicyclic amines) is 1. The highest BCUT2D eigenvalue weighted by Crippen LogP contribution is 2.30. The lowest BCUT2D eigenvalue weighted by atomic mass is 10.0. The molecule has 0 saturated carbocycles. The summed E-state index contributed by atoms with van der Waals surface area (Å²) in [7, 11) is 1.87. The number of hydrogen-bond acceptors (Lipinski definition) is 4. The van der Waals surface area contributed by atoms with Crippen molar-refractivity contribution in [1.29, 1.82) is 0 Å². The van der Waals surface area contributed by atoms with Crippen molar-refractivity contribution in [3.8, 4) is 11.4 Å². The van der Waals surface area contributed by atoms with Gasteiger partial charge in [-0.05, 0) is 31.9 Å². The van der Waals surface area contributed by atoms with E-state index in [0.717, 1.165) is 43.0 Å². The van der Waals surface area contributed by atoms with Crippen molar-refractivity contribution >= 4 is 5.91 Å². The van der Waals surface area contributed by atoms with Crippen LogP contribution in [0.3, 0.4) is 0 Å². The molecule has 0 aliphatic carbocycles. The smallest absolute Gasteiger partial charge is 0.274 e. The molecular weight excluding hydrogens is 328 g/mol. The molecule has 0 N–H and O–H groups in total. The average molecular weight is 350 g/mol. The summed E-state index contributed by atoms with van der Waals surface area (Å²) in [5.74, 6) is 0.986. The molecule has 0 aromatic carbocycles. The van der Waals surface area contributed by atoms with Gasteiger partial charge in [0.15, 0.2) is 0 Å². The first kappa shape index (κ1) is 16.5. The van der Waals surface area contributed by atoms with Gasteiger partial charge < -0.3 is 14.0 Å². The first-order valence-corrected chi connectivity index (χ1v) is 8.85. The van der Waals surface area contributed by atoms with Gasteiger partial charge in [-0.25, -0.2) is 9.97 Å². The monoisotopic (exact) mass is 350 g/mol. The molecular formula is C19H22N6O. The van der Waals surface area contributed by atoms with Crippen LogP contribution in [0.15, 0.2) is 43.2 Å². The zero-order valence-corrected chi connectivity index (χ0v) is 15.0. The number of amides is 1. The van der Waals surface area contributed by atoms with Crippen LogP contribution in [0.1, 0.15) is 35.1 Å². The summed E-state index contributed by atoms with van der Waals surface area (Å²) in [6.07, 6.45) is 10.8. The Bertz CT molecular complexity index is 905. The quantitative estimate of drug-likeness (QED) is 0.728. The van der Waals surface area contributed by atoms with Crippen LogP contribution < -0.4 is 0 Å². The van der Waals surface area contributed by atoms with E-state index in [9.17, 15) is 4.79 Å². The lowest BCUT2D eigenvalue weighted by Gasteiger charge is -2.33. The summed E-state index contributed by atoms with van der Waals surface area (Å²) in [5.41, 5.74) is 2.73. The second kappa shape index (κ2) is 6.74. The Morgan fingerprint density at radius 3 is 2.54 bits per heavy atom. The molecule has 1 amide bonds. The molecule has 134 valence electrons. The van der Waals surface area contributed by atoms with Crippen molar-refractivity contribution in [3.05, 3.63) is 54.6 Å². The lowest BCUT2D eigenvalue weighted by molar-refractivity contribution is 0.0689. The van der Waals surface area contributed by atoms with Crippen molar-refractivity contribution in [1.82, 2.24) is 29.0 Å². The molecule has 0 bridgehead atoms. The summed E-state index contributed by atoms with van der Waals surface area (Å²) < 4.78 is 4.10. The van der Waals surface area contributed by atoms with E-state index in [2.05, 4.69) is 26.4 Å². The topological polar surface area (TPSA) is 68.8 Å². The predicted molar refractivity (Wildman–Crippen MR) is 97.6 cm³/mol. The number of aromatic nitrogens is 5. The molecule has 1 aliphatic heterocycles. The first-order valence-electron chi connectivity index (χ1n) is 8.85. The number of rotatable bonds is 3. The van der Waals surface area contributed by atoms with Crippen LogP contribution in [-0.2, 0) is 7.05 Å². The van der Waals surface area contributed by atoms with Gasteiger partial charge in [0.1, 0.15) is 11.5 Å². The van der Waals surface area contributed by atoms with Gasteiger partial charge in [0.25, 0.3) is 5.91 Å². The lowest BCUT2D eigenvalue weighted by Crippen LogP contribution is -2.39. The number of pyridine rings is 1. The fourth-order valence-corrected chi connectivity index (χ4v) is 3.63. The van der Waals surface area contributed by atoms with E-state index in [4.69, 9.17) is 0 Å². The third-order valence-electron chi connectivity index (χ3n) is 4.96. The average Bonchev–Trinajstić information content (AvgIpc) is 3.28. The molecule has 4 heterocycles. The van der Waals surface area contributed by atoms with Gasteiger partial charge in [-0.1, -0.05) is 0 Å². The van der Waals surface area contributed by atoms with Gasteiger partial charge in [-0.15, -0.1) is 0 Å². The fraction of sp³-hybridized carbons (Fsp3) is 0.368. The number of carbonyl (C=O) groups excluding carboxylic acids is 1. The van der Waals surface area contributed by atoms with Crippen LogP contribution >= 0.6 is 0 Å². The van der Waals surface area contributed by atoms with Crippen LogP contribution in [-0.4, -0.2) is 48.0 Å². The van der Waals surface area contributed by atoms with Gasteiger partial charge in [-0.3, -0.25) is 9.78 Å². The molecule has 0 atom stereocenters. The summed E-state index contributed by atoms with van der Waals surface area (Å²) in [5, 5.41) is 0. The standard InChI is InChI=1S/C19H22N6O/c1-14-11-21-18(15-3-7-20-8-4-15)25(14)16-5-9-24(10-6-16)19(26)17-12-23(2)13-22-17/h3-4,7-8,11-13,16H,5-6,9-10H2,1-2H3. The van der Waals surface area contributed by atoms with Crippen molar-refractivity contribution in [2.75, 3.05) is 13.1 Å². The fourth-order valence-electron chi connectivity index (χ4n) is 3.63. The SMILES string of the molecule is Cc1cnc(-c2ccncc2)n1C1CCN(C(=O)c2cn(C)cn2)CC1. The van der Waals surface area contributed by atoms with Crippen LogP contribution in [0.5, 0.6) is 0 Å². The summed E-state index contributed by atoms with van der Waals surface area (Å²) >= 11 is 0. The Morgan fingerprint density at radius 2 is 1.88 bits per heavy atom. The highest BCUT2D eigenvalue weighted by molar-refractivity contribution is 5.92. The van der Waals surface area contributed by atoms with Crippen molar-refractivity contribution in [3.63, 3.8) is 0 Å². The molecule has 1 saturated heterocycles. The van der Waals surface area contributed by atoms with Crippen molar-refractivity contribution in [2.45, 2.75) is 25.8 Å². The third-order valence-corrected chi connectivity index (χ3v) is 4.96. The van der Waals surface area contributed by atoms with Gasteiger partial charge in [0.2, 0.25) is 0 Å². The largest absolute Gasteiger partial charge is 0.340 e. The maximum atomic E-state index is 12.6. The maximum Gasteiger partial charge on any atom is 0.274 e. The Morgan fingerprint density at radius 1 is 1.15 bits per heavy atom. The normalized spacial score (nSPS) is 15.4. The minimum absolute atomic E-state index is 0.0146. The van der Waals surface area contributed by atoms with E-state index in [1.807, 2.05) is 30.3 Å². The molecule has 26 heavy (non-hydrogen) atoms. The minimum Gasteiger partial charge on any atom is -0.340 e. The molecule has 0 spiro atoms. The van der Waals surface area contributed by atoms with Crippen LogP contribution in [0.25, 0.3) is 11.4 Å². The molecule has 4 rings (SSSR count). The molecule has 1 aliphatic rings. The Hall–Kier alpha value is -2.96. The van der Waals surface area contributed by atoms with Crippen LogP contribution in [0.2, 0.25) is 0 Å². The van der Waals surface area contributed by atoms with Gasteiger partial charge >= 0.3 is 0 Å². The zero-order chi connectivity index (χ0) is 18.1. The van der Waals surface area contributed by atoms with E-state index in [-0.39, 0.29) is 5.91 Å². The summed E-state index contributed by atoms with van der Waals surface area (Å²) in [4.78, 5) is 27.4. The molecule has 7 heteroatoms. The highest BCUT2D eigenvalue weighted by Gasteiger charge is 2.27. The first-order chi connectivity index (χ1) is 12.6. The summed E-state index contributed by atoms with van der Waals surface area (Å²) in [6, 6.07) is 4.31. The minimum atomic E-state index is 0.0146. The Labute approximate surface area is 152 Å². The maximum absolute atomic E-state index is 12.6. The highest BCUT2D eigenvalue weighted by atomic mass is 16.2. The van der Waals surface area contributed by atoms with E-state index in [1.165, 1.54) is 0 Å². The van der Waals surface area contributed by atoms with Crippen LogP contribution in [0.4, 0.5) is 0 Å². The molecule has 3 aromatic rings. The Kier molecular flexibility index (Phi) is 4.28. The predicted octanol–water partition coefficient (Wildman–Crippen LogP) is 2.46. The number of imidazole rings is 2. The number of carbonyl (C=O) groups is 1. The summed E-state index contributed by atoms with van der Waals surface area (Å²) in [6.45, 7) is 3.55. The molecule has 0 unspecified atom stereocenters. The van der Waals surface area contributed by atoms with Crippen molar-refractivity contribution in [2.24, 2.45) is 7.05 Å². The van der Waals surface area contributed by atoms with E-state index >= 15 is 0 Å². The third kappa shape index (κ3) is 3.00. The van der Waals surface area contributed by atoms with Crippen LogP contribution in [0, 0.1) is 6.92 Å².